The van der Waals surface area contributed by atoms with Gasteiger partial charge in [-0.2, -0.15) is 4.98 Å². The summed E-state index contributed by atoms with van der Waals surface area (Å²) in [5.74, 6) is 0.957. The Kier molecular flexibility index (Phi) is 5.51. The van der Waals surface area contributed by atoms with Crippen LogP contribution in [0.4, 0.5) is 4.39 Å². The predicted molar refractivity (Wildman–Crippen MR) is 71.8 cm³/mol. The van der Waals surface area contributed by atoms with Crippen molar-refractivity contribution >= 4 is 11.8 Å². The monoisotopic (exact) mass is 298 g/mol. The van der Waals surface area contributed by atoms with E-state index in [1.165, 1.54) is 24.9 Å². The number of rotatable bonds is 7. The van der Waals surface area contributed by atoms with Crippen LogP contribution in [0.2, 0.25) is 0 Å². The minimum atomic E-state index is -0.674. The number of benzene rings is 1. The Labute approximate surface area is 120 Å². The first-order valence-corrected chi connectivity index (χ1v) is 7.03. The highest BCUT2D eigenvalue weighted by Crippen LogP contribution is 2.24. The summed E-state index contributed by atoms with van der Waals surface area (Å²) in [5, 5.41) is 13.3. The van der Waals surface area contributed by atoms with Gasteiger partial charge < -0.3 is 14.4 Å². The van der Waals surface area contributed by atoms with Crippen molar-refractivity contribution < 1.29 is 18.8 Å². The van der Waals surface area contributed by atoms with E-state index in [1.807, 2.05) is 0 Å². The van der Waals surface area contributed by atoms with Gasteiger partial charge in [-0.05, 0) is 12.1 Å². The summed E-state index contributed by atoms with van der Waals surface area (Å²) in [4.78, 5) is 4.68. The minimum absolute atomic E-state index is 0.210. The summed E-state index contributed by atoms with van der Waals surface area (Å²) < 4.78 is 23.3. The van der Waals surface area contributed by atoms with Gasteiger partial charge in [-0.1, -0.05) is 17.3 Å². The molecule has 108 valence electrons. The van der Waals surface area contributed by atoms with Crippen LogP contribution in [0.3, 0.4) is 0 Å². The van der Waals surface area contributed by atoms with Gasteiger partial charge in [-0.3, -0.25) is 0 Å². The zero-order valence-corrected chi connectivity index (χ0v) is 11.8. The molecule has 1 atom stereocenters. The maximum absolute atomic E-state index is 13.4. The first-order chi connectivity index (χ1) is 9.69. The summed E-state index contributed by atoms with van der Waals surface area (Å²) in [7, 11) is 1.51. The van der Waals surface area contributed by atoms with Gasteiger partial charge in [0.1, 0.15) is 5.82 Å². The van der Waals surface area contributed by atoms with Crippen molar-refractivity contribution in [1.29, 1.82) is 0 Å². The van der Waals surface area contributed by atoms with Gasteiger partial charge in [0.15, 0.2) is 5.82 Å². The second-order valence-corrected chi connectivity index (χ2v) is 5.15. The molecule has 0 spiro atoms. The van der Waals surface area contributed by atoms with E-state index < -0.39 is 6.10 Å². The predicted octanol–water partition coefficient (Wildman–Crippen LogP) is 2.05. The van der Waals surface area contributed by atoms with E-state index in [-0.39, 0.29) is 18.8 Å². The van der Waals surface area contributed by atoms with Gasteiger partial charge in [-0.25, -0.2) is 4.39 Å². The van der Waals surface area contributed by atoms with Gasteiger partial charge in [0.05, 0.1) is 24.9 Å². The smallest absolute Gasteiger partial charge is 0.229 e. The van der Waals surface area contributed by atoms with Crippen molar-refractivity contribution in [2.75, 3.05) is 13.7 Å². The lowest BCUT2D eigenvalue weighted by atomic mass is 10.3. The molecule has 2 rings (SSSR count). The molecule has 0 aliphatic rings. The maximum atomic E-state index is 13.4. The van der Waals surface area contributed by atoms with Gasteiger partial charge in [0, 0.05) is 12.0 Å². The van der Waals surface area contributed by atoms with Crippen molar-refractivity contribution in [2.45, 2.75) is 23.2 Å². The maximum Gasteiger partial charge on any atom is 0.229 e. The van der Waals surface area contributed by atoms with Crippen LogP contribution in [0.15, 0.2) is 33.7 Å². The first kappa shape index (κ1) is 15.0. The Morgan fingerprint density at radius 1 is 1.45 bits per heavy atom. The quantitative estimate of drug-likeness (QED) is 0.789. The van der Waals surface area contributed by atoms with E-state index in [0.29, 0.717) is 22.4 Å². The third-order valence-electron chi connectivity index (χ3n) is 2.47. The summed E-state index contributed by atoms with van der Waals surface area (Å²) in [5.41, 5.74) is 0. The molecule has 0 bridgehead atoms. The molecule has 1 aromatic heterocycles. The van der Waals surface area contributed by atoms with E-state index in [0.717, 1.165) is 0 Å². The SMILES string of the molecule is COCC(O)Cc1nc(CSc2ccccc2F)no1. The van der Waals surface area contributed by atoms with E-state index in [4.69, 9.17) is 9.26 Å². The topological polar surface area (TPSA) is 68.4 Å². The average Bonchev–Trinajstić information content (AvgIpc) is 2.85. The molecular weight excluding hydrogens is 283 g/mol. The Balaban J connectivity index is 1.88. The van der Waals surface area contributed by atoms with Gasteiger partial charge in [0.25, 0.3) is 0 Å². The van der Waals surface area contributed by atoms with E-state index >= 15 is 0 Å². The number of aliphatic hydroxyl groups excluding tert-OH is 1. The van der Waals surface area contributed by atoms with Gasteiger partial charge in [-0.15, -0.1) is 11.8 Å². The van der Waals surface area contributed by atoms with E-state index in [9.17, 15) is 9.50 Å². The number of thioether (sulfide) groups is 1. The number of halogens is 1. The highest BCUT2D eigenvalue weighted by molar-refractivity contribution is 7.98. The lowest BCUT2D eigenvalue weighted by Crippen LogP contribution is -2.17. The van der Waals surface area contributed by atoms with Crippen molar-refractivity contribution in [3.05, 3.63) is 41.8 Å². The van der Waals surface area contributed by atoms with Crippen LogP contribution in [-0.4, -0.2) is 35.1 Å². The van der Waals surface area contributed by atoms with E-state index in [2.05, 4.69) is 10.1 Å². The second-order valence-electron chi connectivity index (χ2n) is 4.14. The van der Waals surface area contributed by atoms with Crippen molar-refractivity contribution in [3.63, 3.8) is 0 Å². The van der Waals surface area contributed by atoms with Crippen molar-refractivity contribution in [2.24, 2.45) is 0 Å². The number of aromatic nitrogens is 2. The molecule has 0 saturated carbocycles. The number of hydrogen-bond donors (Lipinski definition) is 1. The van der Waals surface area contributed by atoms with Crippen LogP contribution in [0, 0.1) is 5.82 Å². The normalized spacial score (nSPS) is 12.6. The molecule has 0 radical (unpaired) electrons. The fourth-order valence-corrected chi connectivity index (χ4v) is 2.37. The van der Waals surface area contributed by atoms with Crippen LogP contribution in [0.25, 0.3) is 0 Å². The zero-order chi connectivity index (χ0) is 14.4. The van der Waals surface area contributed by atoms with Crippen molar-refractivity contribution in [3.8, 4) is 0 Å². The van der Waals surface area contributed by atoms with Crippen LogP contribution >= 0.6 is 11.8 Å². The van der Waals surface area contributed by atoms with Crippen molar-refractivity contribution in [1.82, 2.24) is 10.1 Å². The summed E-state index contributed by atoms with van der Waals surface area (Å²) in [6.45, 7) is 0.210. The molecule has 5 nitrogen and oxygen atoms in total. The van der Waals surface area contributed by atoms with E-state index in [1.54, 1.807) is 18.2 Å². The Hall–Kier alpha value is -1.44. The lowest BCUT2D eigenvalue weighted by Gasteiger charge is -2.04. The number of methoxy groups -OCH3 is 1. The molecule has 0 amide bonds. The molecule has 2 aromatic rings. The van der Waals surface area contributed by atoms with Gasteiger partial charge >= 0.3 is 0 Å². The molecule has 1 aromatic carbocycles. The summed E-state index contributed by atoms with van der Waals surface area (Å²) >= 11 is 1.30. The average molecular weight is 298 g/mol. The Morgan fingerprint density at radius 2 is 2.25 bits per heavy atom. The molecule has 0 aliphatic carbocycles. The van der Waals surface area contributed by atoms with Crippen LogP contribution in [-0.2, 0) is 16.9 Å². The minimum Gasteiger partial charge on any atom is -0.390 e. The fraction of sp³-hybridized carbons (Fsp3) is 0.385. The molecule has 0 fully saturated rings. The third-order valence-corrected chi connectivity index (χ3v) is 3.52. The second kappa shape index (κ2) is 7.37. The molecule has 7 heteroatoms. The van der Waals surface area contributed by atoms with Crippen LogP contribution < -0.4 is 0 Å². The lowest BCUT2D eigenvalue weighted by molar-refractivity contribution is 0.0599. The number of aliphatic hydroxyl groups is 1. The summed E-state index contributed by atoms with van der Waals surface area (Å²) in [6.07, 6.45) is -0.432. The molecule has 0 aliphatic heterocycles. The molecule has 20 heavy (non-hydrogen) atoms. The van der Waals surface area contributed by atoms with Crippen LogP contribution in [0.5, 0.6) is 0 Å². The third kappa shape index (κ3) is 4.29. The largest absolute Gasteiger partial charge is 0.390 e. The molecule has 1 unspecified atom stereocenters. The van der Waals surface area contributed by atoms with Crippen LogP contribution in [0.1, 0.15) is 11.7 Å². The Morgan fingerprint density at radius 3 is 3.00 bits per heavy atom. The number of nitrogens with zero attached hydrogens (tertiary/aromatic N) is 2. The highest BCUT2D eigenvalue weighted by atomic mass is 32.2. The summed E-state index contributed by atoms with van der Waals surface area (Å²) in [6, 6.07) is 6.52. The van der Waals surface area contributed by atoms with Gasteiger partial charge in [0.2, 0.25) is 5.89 Å². The highest BCUT2D eigenvalue weighted by Gasteiger charge is 2.12. The number of hydrogen-bond acceptors (Lipinski definition) is 6. The Bertz CT molecular complexity index is 550. The standard InChI is InChI=1S/C13H15FN2O3S/c1-18-7-9(17)6-13-15-12(16-19-13)8-20-11-5-3-2-4-10(11)14/h2-5,9,17H,6-8H2,1H3. The first-order valence-electron chi connectivity index (χ1n) is 6.05. The molecular formula is C13H15FN2O3S. The molecule has 1 N–H and O–H groups in total. The fourth-order valence-electron chi connectivity index (χ4n) is 1.59. The number of ether oxygens (including phenoxy) is 1. The zero-order valence-electron chi connectivity index (χ0n) is 11.0. The molecule has 0 saturated heterocycles. The molecule has 1 heterocycles.